The standard InChI is InChI=1S/C19H18F2N2O2/c20-16-7-3-1-5-13(16)10-22-19(25)15-9-18(24)23(12-15)11-14-6-2-4-8-17(14)21/h1-8,15H,9-12H2,(H,22,25)/t15-/m1/s1. The summed E-state index contributed by atoms with van der Waals surface area (Å²) in [7, 11) is 0. The van der Waals surface area contributed by atoms with Gasteiger partial charge in [-0.3, -0.25) is 9.59 Å². The van der Waals surface area contributed by atoms with Gasteiger partial charge in [-0.25, -0.2) is 8.78 Å². The van der Waals surface area contributed by atoms with Crippen LogP contribution in [0, 0.1) is 17.6 Å². The number of hydrogen-bond acceptors (Lipinski definition) is 2. The molecular weight excluding hydrogens is 326 g/mol. The van der Waals surface area contributed by atoms with Crippen molar-refractivity contribution in [2.45, 2.75) is 19.5 Å². The number of carbonyl (C=O) groups is 2. The Hall–Kier alpha value is -2.76. The molecule has 4 nitrogen and oxygen atoms in total. The molecule has 0 spiro atoms. The number of benzene rings is 2. The Morgan fingerprint density at radius 2 is 1.64 bits per heavy atom. The van der Waals surface area contributed by atoms with Crippen molar-refractivity contribution in [1.29, 1.82) is 0 Å². The molecule has 1 aliphatic heterocycles. The van der Waals surface area contributed by atoms with E-state index in [-0.39, 0.29) is 49.5 Å². The predicted octanol–water partition coefficient (Wildman–Crippen LogP) is 2.63. The maximum atomic E-state index is 13.7. The van der Waals surface area contributed by atoms with Crippen molar-refractivity contribution in [3.63, 3.8) is 0 Å². The molecule has 0 unspecified atom stereocenters. The van der Waals surface area contributed by atoms with Gasteiger partial charge in [-0.05, 0) is 12.1 Å². The third kappa shape index (κ3) is 4.02. The van der Waals surface area contributed by atoms with Crippen molar-refractivity contribution in [3.8, 4) is 0 Å². The number of halogens is 2. The van der Waals surface area contributed by atoms with Crippen LogP contribution in [0.4, 0.5) is 8.78 Å². The highest BCUT2D eigenvalue weighted by molar-refractivity contribution is 5.89. The van der Waals surface area contributed by atoms with Gasteiger partial charge in [-0.15, -0.1) is 0 Å². The second-order valence-corrected chi connectivity index (χ2v) is 6.08. The zero-order valence-corrected chi connectivity index (χ0v) is 13.5. The normalized spacial score (nSPS) is 17.0. The minimum absolute atomic E-state index is 0.0729. The van der Waals surface area contributed by atoms with Crippen LogP contribution in [0.1, 0.15) is 17.5 Å². The van der Waals surface area contributed by atoms with Crippen LogP contribution < -0.4 is 5.32 Å². The fourth-order valence-corrected chi connectivity index (χ4v) is 2.90. The second kappa shape index (κ2) is 7.42. The number of carbonyl (C=O) groups excluding carboxylic acids is 2. The molecule has 130 valence electrons. The zero-order valence-electron chi connectivity index (χ0n) is 13.5. The van der Waals surface area contributed by atoms with Crippen molar-refractivity contribution in [1.82, 2.24) is 10.2 Å². The number of nitrogens with zero attached hydrogens (tertiary/aromatic N) is 1. The van der Waals surface area contributed by atoms with Gasteiger partial charge >= 0.3 is 0 Å². The molecule has 2 aromatic carbocycles. The Morgan fingerprint density at radius 1 is 1.04 bits per heavy atom. The lowest BCUT2D eigenvalue weighted by Crippen LogP contribution is -2.32. The van der Waals surface area contributed by atoms with Crippen LogP contribution >= 0.6 is 0 Å². The molecule has 0 aromatic heterocycles. The molecule has 2 amide bonds. The first kappa shape index (κ1) is 17.1. The molecule has 1 N–H and O–H groups in total. The van der Waals surface area contributed by atoms with Gasteiger partial charge in [0.1, 0.15) is 11.6 Å². The first-order chi connectivity index (χ1) is 12.0. The Bertz CT molecular complexity index is 794. The highest BCUT2D eigenvalue weighted by Gasteiger charge is 2.34. The van der Waals surface area contributed by atoms with Crippen LogP contribution in [0.5, 0.6) is 0 Å². The second-order valence-electron chi connectivity index (χ2n) is 6.08. The minimum Gasteiger partial charge on any atom is -0.352 e. The van der Waals surface area contributed by atoms with Crippen molar-refractivity contribution >= 4 is 11.8 Å². The molecule has 0 saturated carbocycles. The maximum absolute atomic E-state index is 13.7. The maximum Gasteiger partial charge on any atom is 0.225 e. The molecule has 1 atom stereocenters. The molecular formula is C19H18F2N2O2. The van der Waals surface area contributed by atoms with Gasteiger partial charge in [0.15, 0.2) is 0 Å². The summed E-state index contributed by atoms with van der Waals surface area (Å²) >= 11 is 0. The van der Waals surface area contributed by atoms with Crippen molar-refractivity contribution in [2.75, 3.05) is 6.54 Å². The monoisotopic (exact) mass is 344 g/mol. The average molecular weight is 344 g/mol. The predicted molar refractivity (Wildman–Crippen MR) is 88.2 cm³/mol. The summed E-state index contributed by atoms with van der Waals surface area (Å²) in [5.41, 5.74) is 0.812. The summed E-state index contributed by atoms with van der Waals surface area (Å²) in [6, 6.07) is 12.5. The Morgan fingerprint density at radius 3 is 2.28 bits per heavy atom. The highest BCUT2D eigenvalue weighted by Crippen LogP contribution is 2.21. The van der Waals surface area contributed by atoms with E-state index in [1.165, 1.54) is 17.0 Å². The van der Waals surface area contributed by atoms with E-state index < -0.39 is 5.92 Å². The number of nitrogens with one attached hydrogen (secondary N) is 1. The van der Waals surface area contributed by atoms with Gasteiger partial charge < -0.3 is 10.2 Å². The van der Waals surface area contributed by atoms with E-state index in [0.717, 1.165) is 0 Å². The number of amides is 2. The van der Waals surface area contributed by atoms with Crippen molar-refractivity contribution in [2.24, 2.45) is 5.92 Å². The van der Waals surface area contributed by atoms with Crippen LogP contribution in [0.25, 0.3) is 0 Å². The summed E-state index contributed by atoms with van der Waals surface area (Å²) in [5, 5.41) is 2.67. The van der Waals surface area contributed by atoms with Crippen molar-refractivity contribution in [3.05, 3.63) is 71.3 Å². The number of hydrogen-bond donors (Lipinski definition) is 1. The first-order valence-corrected chi connectivity index (χ1v) is 8.07. The quantitative estimate of drug-likeness (QED) is 0.906. The van der Waals surface area contributed by atoms with E-state index >= 15 is 0 Å². The van der Waals surface area contributed by atoms with Crippen LogP contribution in [-0.4, -0.2) is 23.3 Å². The Labute approximate surface area is 144 Å². The van der Waals surface area contributed by atoms with Gasteiger partial charge in [-0.2, -0.15) is 0 Å². The third-order valence-corrected chi connectivity index (χ3v) is 4.32. The summed E-state index contributed by atoms with van der Waals surface area (Å²) in [6.45, 7) is 0.447. The van der Waals surface area contributed by atoms with Crippen LogP contribution in [-0.2, 0) is 22.7 Å². The molecule has 0 aliphatic carbocycles. The summed E-state index contributed by atoms with van der Waals surface area (Å²) in [6.07, 6.45) is 0.0809. The van der Waals surface area contributed by atoms with E-state index in [9.17, 15) is 18.4 Å². The van der Waals surface area contributed by atoms with Gasteiger partial charge in [0.25, 0.3) is 0 Å². The van der Waals surface area contributed by atoms with E-state index in [0.29, 0.717) is 11.1 Å². The minimum atomic E-state index is -0.508. The summed E-state index contributed by atoms with van der Waals surface area (Å²) in [4.78, 5) is 25.8. The number of rotatable bonds is 5. The highest BCUT2D eigenvalue weighted by atomic mass is 19.1. The molecule has 2 aromatic rings. The molecule has 1 fully saturated rings. The Balaban J connectivity index is 1.57. The van der Waals surface area contributed by atoms with E-state index in [1.54, 1.807) is 36.4 Å². The summed E-state index contributed by atoms with van der Waals surface area (Å²) < 4.78 is 27.3. The lowest BCUT2D eigenvalue weighted by atomic mass is 10.1. The van der Waals surface area contributed by atoms with Gasteiger partial charge in [0.2, 0.25) is 11.8 Å². The molecule has 1 aliphatic rings. The van der Waals surface area contributed by atoms with E-state index in [1.807, 2.05) is 0 Å². The molecule has 6 heteroatoms. The van der Waals surface area contributed by atoms with Gasteiger partial charge in [-0.1, -0.05) is 36.4 Å². The molecule has 25 heavy (non-hydrogen) atoms. The lowest BCUT2D eigenvalue weighted by Gasteiger charge is -2.17. The van der Waals surface area contributed by atoms with Crippen LogP contribution in [0.3, 0.4) is 0 Å². The first-order valence-electron chi connectivity index (χ1n) is 8.07. The number of likely N-dealkylation sites (tertiary alicyclic amines) is 1. The van der Waals surface area contributed by atoms with Gasteiger partial charge in [0, 0.05) is 37.2 Å². The summed E-state index contributed by atoms with van der Waals surface area (Å²) in [5.74, 6) is -1.75. The van der Waals surface area contributed by atoms with Crippen molar-refractivity contribution < 1.29 is 18.4 Å². The largest absolute Gasteiger partial charge is 0.352 e. The zero-order chi connectivity index (χ0) is 17.8. The molecule has 0 bridgehead atoms. The third-order valence-electron chi connectivity index (χ3n) is 4.32. The van der Waals surface area contributed by atoms with Crippen LogP contribution in [0.15, 0.2) is 48.5 Å². The fraction of sp³-hybridized carbons (Fsp3) is 0.263. The SMILES string of the molecule is O=C(NCc1ccccc1F)[C@@H]1CC(=O)N(Cc2ccccc2F)C1. The Kier molecular flexibility index (Phi) is 5.07. The molecule has 3 rings (SSSR count). The molecule has 1 saturated heterocycles. The van der Waals surface area contributed by atoms with E-state index in [2.05, 4.69) is 5.32 Å². The van der Waals surface area contributed by atoms with Gasteiger partial charge in [0.05, 0.1) is 5.92 Å². The molecule has 1 heterocycles. The fourth-order valence-electron chi connectivity index (χ4n) is 2.90. The van der Waals surface area contributed by atoms with E-state index in [4.69, 9.17) is 0 Å². The topological polar surface area (TPSA) is 49.4 Å². The average Bonchev–Trinajstić information content (AvgIpc) is 2.97. The smallest absolute Gasteiger partial charge is 0.225 e. The lowest BCUT2D eigenvalue weighted by molar-refractivity contribution is -0.129. The molecule has 0 radical (unpaired) electrons. The van der Waals surface area contributed by atoms with Crippen LogP contribution in [0.2, 0.25) is 0 Å².